The Balaban J connectivity index is 1.65. The maximum Gasteiger partial charge on any atom is 0.328 e. The summed E-state index contributed by atoms with van der Waals surface area (Å²) in [5, 5.41) is 2.96. The van der Waals surface area contributed by atoms with Crippen LogP contribution < -0.4 is 11.0 Å². The van der Waals surface area contributed by atoms with Crippen molar-refractivity contribution in [3.8, 4) is 0 Å². The van der Waals surface area contributed by atoms with E-state index >= 15 is 0 Å². The van der Waals surface area contributed by atoms with E-state index in [-0.39, 0.29) is 17.4 Å². The fourth-order valence-corrected chi connectivity index (χ4v) is 3.80. The topological polar surface area (TPSA) is 68.5 Å². The second-order valence-corrected chi connectivity index (χ2v) is 7.20. The molecule has 152 valence electrons. The van der Waals surface area contributed by atoms with E-state index in [1.165, 1.54) is 12.1 Å². The van der Waals surface area contributed by atoms with E-state index < -0.39 is 6.04 Å². The number of aryl methyl sites for hydroxylation is 2. The van der Waals surface area contributed by atoms with Gasteiger partial charge < -0.3 is 10.1 Å². The van der Waals surface area contributed by atoms with Crippen LogP contribution in [0.2, 0.25) is 0 Å². The molecular weight excluding hydrogens is 375 g/mol. The van der Waals surface area contributed by atoms with Crippen LogP contribution >= 0.6 is 0 Å². The van der Waals surface area contributed by atoms with Crippen LogP contribution in [0, 0.1) is 5.82 Å². The molecule has 1 fully saturated rings. The van der Waals surface area contributed by atoms with Gasteiger partial charge in [0.15, 0.2) is 0 Å². The number of aromatic nitrogens is 2. The van der Waals surface area contributed by atoms with Crippen molar-refractivity contribution in [1.29, 1.82) is 0 Å². The van der Waals surface area contributed by atoms with Crippen molar-refractivity contribution in [2.75, 3.05) is 31.6 Å². The molecule has 4 rings (SSSR count). The molecule has 0 bridgehead atoms. The number of fused-ring (bicyclic) bond motifs is 1. The van der Waals surface area contributed by atoms with E-state index in [1.807, 2.05) is 11.0 Å². The highest BCUT2D eigenvalue weighted by atomic mass is 19.1. The van der Waals surface area contributed by atoms with Gasteiger partial charge in [0.2, 0.25) is 5.91 Å². The molecule has 1 atom stereocenters. The molecule has 1 N–H and O–H groups in total. The zero-order chi connectivity index (χ0) is 20.5. The molecule has 2 aromatic carbocycles. The molecule has 1 saturated heterocycles. The van der Waals surface area contributed by atoms with E-state index in [2.05, 4.69) is 5.32 Å². The Hall–Kier alpha value is -2.97. The van der Waals surface area contributed by atoms with Crippen LogP contribution in [0.5, 0.6) is 0 Å². The fourth-order valence-electron chi connectivity index (χ4n) is 3.80. The number of hydrogen-bond donors (Lipinski definition) is 1. The van der Waals surface area contributed by atoms with Gasteiger partial charge in [0, 0.05) is 32.9 Å². The Morgan fingerprint density at radius 3 is 2.38 bits per heavy atom. The van der Waals surface area contributed by atoms with Gasteiger partial charge in [-0.15, -0.1) is 0 Å². The number of carbonyl (C=O) groups is 1. The number of benzene rings is 2. The fraction of sp³-hybridized carbons (Fsp3) is 0.333. The van der Waals surface area contributed by atoms with Gasteiger partial charge >= 0.3 is 5.69 Å². The summed E-state index contributed by atoms with van der Waals surface area (Å²) in [5.41, 5.74) is 2.72. The highest BCUT2D eigenvalue weighted by Gasteiger charge is 2.29. The summed E-state index contributed by atoms with van der Waals surface area (Å²) in [6.45, 7) is 2.31. The molecule has 29 heavy (non-hydrogen) atoms. The van der Waals surface area contributed by atoms with Gasteiger partial charge in [0.25, 0.3) is 0 Å². The average molecular weight is 398 g/mol. The predicted molar refractivity (Wildman–Crippen MR) is 108 cm³/mol. The number of amides is 1. The summed E-state index contributed by atoms with van der Waals surface area (Å²) in [5.74, 6) is -0.552. The van der Waals surface area contributed by atoms with Gasteiger partial charge in [-0.1, -0.05) is 12.1 Å². The smallest absolute Gasteiger partial charge is 0.328 e. The first-order valence-corrected chi connectivity index (χ1v) is 9.49. The Morgan fingerprint density at radius 1 is 1.03 bits per heavy atom. The van der Waals surface area contributed by atoms with Crippen molar-refractivity contribution in [1.82, 2.24) is 14.0 Å². The Morgan fingerprint density at radius 2 is 1.69 bits per heavy atom. The second-order valence-electron chi connectivity index (χ2n) is 7.20. The van der Waals surface area contributed by atoms with Crippen molar-refractivity contribution >= 4 is 22.6 Å². The van der Waals surface area contributed by atoms with Crippen molar-refractivity contribution in [2.24, 2.45) is 14.1 Å². The monoisotopic (exact) mass is 398 g/mol. The number of morpholine rings is 1. The number of rotatable bonds is 4. The number of nitrogens with zero attached hydrogens (tertiary/aromatic N) is 3. The average Bonchev–Trinajstić information content (AvgIpc) is 2.94. The molecular formula is C21H23FN4O3. The Kier molecular flexibility index (Phi) is 5.21. The molecule has 0 aliphatic carbocycles. The Bertz CT molecular complexity index is 1100. The first-order valence-electron chi connectivity index (χ1n) is 9.49. The Labute approximate surface area is 167 Å². The molecule has 7 nitrogen and oxygen atoms in total. The minimum absolute atomic E-state index is 0.124. The van der Waals surface area contributed by atoms with Gasteiger partial charge in [-0.05, 0) is 35.9 Å². The lowest BCUT2D eigenvalue weighted by Gasteiger charge is -2.33. The number of carbonyl (C=O) groups excluding carboxylic acids is 1. The van der Waals surface area contributed by atoms with Crippen LogP contribution in [-0.2, 0) is 23.6 Å². The van der Waals surface area contributed by atoms with Crippen LogP contribution in [0.15, 0.2) is 47.3 Å². The van der Waals surface area contributed by atoms with E-state index in [0.717, 1.165) is 16.6 Å². The molecule has 2 heterocycles. The molecule has 1 amide bonds. The van der Waals surface area contributed by atoms with Crippen molar-refractivity contribution < 1.29 is 13.9 Å². The molecule has 0 unspecified atom stereocenters. The molecule has 1 aliphatic rings. The normalized spacial score (nSPS) is 16.1. The van der Waals surface area contributed by atoms with Crippen LogP contribution in [0.1, 0.15) is 11.6 Å². The molecule has 1 aromatic heterocycles. The van der Waals surface area contributed by atoms with Crippen LogP contribution in [0.25, 0.3) is 11.0 Å². The minimum atomic E-state index is -0.560. The molecule has 0 saturated carbocycles. The number of ether oxygens (including phenoxy) is 1. The van der Waals surface area contributed by atoms with E-state index in [9.17, 15) is 14.0 Å². The van der Waals surface area contributed by atoms with Gasteiger partial charge in [-0.25, -0.2) is 9.18 Å². The van der Waals surface area contributed by atoms with Gasteiger partial charge in [-0.3, -0.25) is 18.8 Å². The van der Waals surface area contributed by atoms with Gasteiger partial charge in [0.05, 0.1) is 24.2 Å². The summed E-state index contributed by atoms with van der Waals surface area (Å²) in [4.78, 5) is 27.4. The highest BCUT2D eigenvalue weighted by Crippen LogP contribution is 2.25. The first kappa shape index (κ1) is 19.4. The van der Waals surface area contributed by atoms with Crippen LogP contribution in [0.4, 0.5) is 10.1 Å². The number of hydrogen-bond acceptors (Lipinski definition) is 4. The van der Waals surface area contributed by atoms with Crippen molar-refractivity contribution in [3.05, 3.63) is 64.3 Å². The lowest BCUT2D eigenvalue weighted by molar-refractivity contribution is -0.123. The largest absolute Gasteiger partial charge is 0.379 e. The summed E-state index contributed by atoms with van der Waals surface area (Å²) in [7, 11) is 3.41. The molecule has 1 aliphatic heterocycles. The molecule has 0 spiro atoms. The lowest BCUT2D eigenvalue weighted by Crippen LogP contribution is -2.43. The van der Waals surface area contributed by atoms with Crippen LogP contribution in [0.3, 0.4) is 0 Å². The van der Waals surface area contributed by atoms with Crippen LogP contribution in [-0.4, -0.2) is 46.2 Å². The number of imidazole rings is 1. The van der Waals surface area contributed by atoms with Gasteiger partial charge in [-0.2, -0.15) is 0 Å². The zero-order valence-electron chi connectivity index (χ0n) is 16.4. The van der Waals surface area contributed by atoms with Crippen molar-refractivity contribution in [3.63, 3.8) is 0 Å². The number of halogens is 1. The lowest BCUT2D eigenvalue weighted by atomic mass is 10.0. The minimum Gasteiger partial charge on any atom is -0.379 e. The zero-order valence-corrected chi connectivity index (χ0v) is 16.4. The van der Waals surface area contributed by atoms with E-state index in [0.29, 0.717) is 32.0 Å². The van der Waals surface area contributed by atoms with E-state index in [4.69, 9.17) is 4.74 Å². The summed E-state index contributed by atoms with van der Waals surface area (Å²) < 4.78 is 21.9. The number of anilines is 1. The standard InChI is InChI=1S/C21H23FN4O3/c1-24-17-8-7-16(13-18(17)25(2)21(24)28)23-20(27)19(26-9-11-29-12-10-26)14-3-5-15(22)6-4-14/h3-8,13,19H,9-12H2,1-2H3,(H,23,27)/t19-/m0/s1. The SMILES string of the molecule is Cn1c(=O)n(C)c2cc(NC(=O)[C@H](c3ccc(F)cc3)N3CCOCC3)ccc21. The van der Waals surface area contributed by atoms with Gasteiger partial charge in [0.1, 0.15) is 11.9 Å². The molecule has 3 aromatic rings. The highest BCUT2D eigenvalue weighted by molar-refractivity contribution is 5.97. The predicted octanol–water partition coefficient (Wildman–Crippen LogP) is 2.03. The summed E-state index contributed by atoms with van der Waals surface area (Å²) in [6, 6.07) is 10.8. The third kappa shape index (κ3) is 3.68. The molecule has 8 heteroatoms. The van der Waals surface area contributed by atoms with E-state index in [1.54, 1.807) is 47.5 Å². The van der Waals surface area contributed by atoms with Crippen molar-refractivity contribution in [2.45, 2.75) is 6.04 Å². The third-order valence-electron chi connectivity index (χ3n) is 5.38. The second kappa shape index (κ2) is 7.81. The quantitative estimate of drug-likeness (QED) is 0.730. The molecule has 0 radical (unpaired) electrons. The first-order chi connectivity index (χ1) is 14.0. The summed E-state index contributed by atoms with van der Waals surface area (Å²) >= 11 is 0. The summed E-state index contributed by atoms with van der Waals surface area (Å²) in [6.07, 6.45) is 0. The third-order valence-corrected chi connectivity index (χ3v) is 5.38. The number of nitrogens with one attached hydrogen (secondary N) is 1. The maximum absolute atomic E-state index is 13.4. The maximum atomic E-state index is 13.4.